The molecule has 0 unspecified atom stereocenters. The molecular formula is C13H17N3O. The number of aromatic nitrogens is 2. The van der Waals surface area contributed by atoms with Crippen LogP contribution in [0, 0.1) is 0 Å². The summed E-state index contributed by atoms with van der Waals surface area (Å²) in [5.41, 5.74) is 1.70. The fraction of sp³-hybridized carbons (Fsp3) is 0.385. The molecule has 0 aliphatic heterocycles. The molecule has 0 aliphatic rings. The Labute approximate surface area is 101 Å². The van der Waals surface area contributed by atoms with Crippen LogP contribution < -0.4 is 5.32 Å². The molecule has 4 nitrogen and oxygen atoms in total. The number of hydrogen-bond acceptors (Lipinski definition) is 2. The number of imidazole rings is 1. The van der Waals surface area contributed by atoms with Crippen molar-refractivity contribution in [2.24, 2.45) is 0 Å². The van der Waals surface area contributed by atoms with Gasteiger partial charge in [0.1, 0.15) is 6.54 Å². The zero-order valence-corrected chi connectivity index (χ0v) is 10.4. The zero-order chi connectivity index (χ0) is 12.5. The number of nitrogens with zero attached hydrogens (tertiary/aromatic N) is 2. The highest BCUT2D eigenvalue weighted by Crippen LogP contribution is 2.11. The maximum Gasteiger partial charge on any atom is 0.240 e. The van der Waals surface area contributed by atoms with Gasteiger partial charge in [0.05, 0.1) is 17.4 Å². The molecule has 0 aliphatic carbocycles. The second-order valence-corrected chi connectivity index (χ2v) is 5.16. The van der Waals surface area contributed by atoms with E-state index < -0.39 is 0 Å². The van der Waals surface area contributed by atoms with Crippen molar-refractivity contribution in [3.05, 3.63) is 30.6 Å². The van der Waals surface area contributed by atoms with Gasteiger partial charge in [-0.15, -0.1) is 0 Å². The van der Waals surface area contributed by atoms with Crippen LogP contribution >= 0.6 is 0 Å². The van der Waals surface area contributed by atoms with Crippen LogP contribution in [-0.4, -0.2) is 21.0 Å². The van der Waals surface area contributed by atoms with Crippen LogP contribution in [0.25, 0.3) is 11.0 Å². The first kappa shape index (κ1) is 11.6. The second kappa shape index (κ2) is 4.20. The SMILES string of the molecule is CC(C)(C)NC(=O)Cn1cnc2ccccc21. The minimum absolute atomic E-state index is 0.000605. The zero-order valence-electron chi connectivity index (χ0n) is 10.4. The van der Waals surface area contributed by atoms with Gasteiger partial charge in [0.2, 0.25) is 5.91 Å². The van der Waals surface area contributed by atoms with Crippen molar-refractivity contribution in [1.82, 2.24) is 14.9 Å². The van der Waals surface area contributed by atoms with E-state index in [-0.39, 0.29) is 11.4 Å². The van der Waals surface area contributed by atoms with Crippen LogP contribution in [0.5, 0.6) is 0 Å². The summed E-state index contributed by atoms with van der Waals surface area (Å²) in [7, 11) is 0. The summed E-state index contributed by atoms with van der Waals surface area (Å²) >= 11 is 0. The van der Waals surface area contributed by atoms with E-state index in [1.54, 1.807) is 6.33 Å². The summed E-state index contributed by atoms with van der Waals surface area (Å²) in [6, 6.07) is 7.79. The van der Waals surface area contributed by atoms with E-state index in [1.165, 1.54) is 0 Å². The summed E-state index contributed by atoms with van der Waals surface area (Å²) in [4.78, 5) is 16.1. The third-order valence-corrected chi connectivity index (χ3v) is 2.36. The van der Waals surface area contributed by atoms with E-state index >= 15 is 0 Å². The Bertz CT molecular complexity index is 537. The number of rotatable bonds is 2. The van der Waals surface area contributed by atoms with Crippen LogP contribution in [0.15, 0.2) is 30.6 Å². The van der Waals surface area contributed by atoms with Gasteiger partial charge in [-0.05, 0) is 32.9 Å². The lowest BCUT2D eigenvalue weighted by Gasteiger charge is -2.20. The Morgan fingerprint density at radius 2 is 2.06 bits per heavy atom. The second-order valence-electron chi connectivity index (χ2n) is 5.16. The first-order valence-corrected chi connectivity index (χ1v) is 5.66. The molecule has 1 amide bonds. The van der Waals surface area contributed by atoms with Crippen molar-refractivity contribution >= 4 is 16.9 Å². The topological polar surface area (TPSA) is 46.9 Å². The molecule has 17 heavy (non-hydrogen) atoms. The quantitative estimate of drug-likeness (QED) is 0.858. The van der Waals surface area contributed by atoms with Crippen molar-refractivity contribution in [2.45, 2.75) is 32.9 Å². The lowest BCUT2D eigenvalue weighted by molar-refractivity contribution is -0.123. The van der Waals surface area contributed by atoms with E-state index in [0.29, 0.717) is 6.54 Å². The average Bonchev–Trinajstić information content (AvgIpc) is 2.59. The molecule has 1 N–H and O–H groups in total. The number of para-hydroxylation sites is 2. The number of nitrogens with one attached hydrogen (secondary N) is 1. The maximum atomic E-state index is 11.8. The highest BCUT2D eigenvalue weighted by molar-refractivity contribution is 5.80. The van der Waals surface area contributed by atoms with Gasteiger partial charge in [-0.25, -0.2) is 4.98 Å². The average molecular weight is 231 g/mol. The molecule has 2 rings (SSSR count). The van der Waals surface area contributed by atoms with Crippen LogP contribution in [0.2, 0.25) is 0 Å². The summed E-state index contributed by atoms with van der Waals surface area (Å²) in [6.45, 7) is 6.21. The molecule has 1 heterocycles. The molecule has 0 radical (unpaired) electrons. The molecule has 0 spiro atoms. The van der Waals surface area contributed by atoms with Gasteiger partial charge in [0.15, 0.2) is 0 Å². The molecule has 90 valence electrons. The minimum Gasteiger partial charge on any atom is -0.350 e. The van der Waals surface area contributed by atoms with Gasteiger partial charge >= 0.3 is 0 Å². The van der Waals surface area contributed by atoms with E-state index in [4.69, 9.17) is 0 Å². The molecule has 0 saturated heterocycles. The Hall–Kier alpha value is -1.84. The smallest absolute Gasteiger partial charge is 0.240 e. The predicted molar refractivity (Wildman–Crippen MR) is 67.6 cm³/mol. The van der Waals surface area contributed by atoms with Crippen LogP contribution in [0.3, 0.4) is 0 Å². The molecule has 0 bridgehead atoms. The number of hydrogen-bond donors (Lipinski definition) is 1. The highest BCUT2D eigenvalue weighted by atomic mass is 16.2. The van der Waals surface area contributed by atoms with Crippen LogP contribution in [0.4, 0.5) is 0 Å². The molecule has 2 aromatic rings. The van der Waals surface area contributed by atoms with Crippen molar-refractivity contribution in [1.29, 1.82) is 0 Å². The molecule has 0 saturated carbocycles. The van der Waals surface area contributed by atoms with Crippen LogP contribution in [0.1, 0.15) is 20.8 Å². The Morgan fingerprint density at radius 1 is 1.35 bits per heavy atom. The molecule has 1 aromatic carbocycles. The van der Waals surface area contributed by atoms with Crippen molar-refractivity contribution in [2.75, 3.05) is 0 Å². The molecule has 4 heteroatoms. The van der Waals surface area contributed by atoms with Crippen LogP contribution in [-0.2, 0) is 11.3 Å². The van der Waals surface area contributed by atoms with Gasteiger partial charge in [-0.3, -0.25) is 4.79 Å². The van der Waals surface area contributed by atoms with E-state index in [1.807, 2.05) is 49.6 Å². The largest absolute Gasteiger partial charge is 0.350 e. The standard InChI is InChI=1S/C13H17N3O/c1-13(2,3)15-12(17)8-16-9-14-10-6-4-5-7-11(10)16/h4-7,9H,8H2,1-3H3,(H,15,17). The van der Waals surface area contributed by atoms with Gasteiger partial charge in [-0.1, -0.05) is 12.1 Å². The number of carbonyl (C=O) groups is 1. The molecule has 0 atom stereocenters. The lowest BCUT2D eigenvalue weighted by Crippen LogP contribution is -2.42. The Kier molecular flexibility index (Phi) is 2.88. The summed E-state index contributed by atoms with van der Waals surface area (Å²) in [5, 5.41) is 2.93. The van der Waals surface area contributed by atoms with Gasteiger partial charge < -0.3 is 9.88 Å². The van der Waals surface area contributed by atoms with Gasteiger partial charge in [0, 0.05) is 5.54 Å². The first-order valence-electron chi connectivity index (χ1n) is 5.66. The molecule has 0 fully saturated rings. The fourth-order valence-electron chi connectivity index (χ4n) is 1.75. The number of amides is 1. The lowest BCUT2D eigenvalue weighted by atomic mass is 10.1. The molecule has 1 aromatic heterocycles. The third-order valence-electron chi connectivity index (χ3n) is 2.36. The number of benzene rings is 1. The minimum atomic E-state index is -0.201. The van der Waals surface area contributed by atoms with E-state index in [0.717, 1.165) is 11.0 Å². The van der Waals surface area contributed by atoms with Crippen molar-refractivity contribution in [3.8, 4) is 0 Å². The molecular weight excluding hydrogens is 214 g/mol. The highest BCUT2D eigenvalue weighted by Gasteiger charge is 2.14. The predicted octanol–water partition coefficient (Wildman–Crippen LogP) is 1.95. The van der Waals surface area contributed by atoms with Crippen molar-refractivity contribution in [3.63, 3.8) is 0 Å². The monoisotopic (exact) mass is 231 g/mol. The maximum absolute atomic E-state index is 11.8. The Balaban J connectivity index is 2.16. The fourth-order valence-corrected chi connectivity index (χ4v) is 1.75. The number of fused-ring (bicyclic) bond motifs is 1. The van der Waals surface area contributed by atoms with E-state index in [2.05, 4.69) is 10.3 Å². The van der Waals surface area contributed by atoms with Gasteiger partial charge in [-0.2, -0.15) is 0 Å². The number of carbonyl (C=O) groups excluding carboxylic acids is 1. The summed E-state index contributed by atoms with van der Waals surface area (Å²) in [5.74, 6) is 0.000605. The normalized spacial score (nSPS) is 11.7. The van der Waals surface area contributed by atoms with Crippen molar-refractivity contribution < 1.29 is 4.79 Å². The van der Waals surface area contributed by atoms with E-state index in [9.17, 15) is 4.79 Å². The summed E-state index contributed by atoms with van der Waals surface area (Å²) < 4.78 is 1.86. The summed E-state index contributed by atoms with van der Waals surface area (Å²) in [6.07, 6.45) is 1.70. The Morgan fingerprint density at radius 3 is 2.76 bits per heavy atom. The third kappa shape index (κ3) is 2.84. The van der Waals surface area contributed by atoms with Gasteiger partial charge in [0.25, 0.3) is 0 Å². The first-order chi connectivity index (χ1) is 7.96.